The third-order valence-electron chi connectivity index (χ3n) is 5.41. The van der Waals surface area contributed by atoms with Crippen LogP contribution in [-0.2, 0) is 20.3 Å². The maximum atomic E-state index is 12.6. The lowest BCUT2D eigenvalue weighted by Crippen LogP contribution is -2.37. The summed E-state index contributed by atoms with van der Waals surface area (Å²) in [4.78, 5) is 25.4. The van der Waals surface area contributed by atoms with E-state index in [1.54, 1.807) is 32.0 Å². The van der Waals surface area contributed by atoms with Crippen LogP contribution in [0, 0.1) is 0 Å². The van der Waals surface area contributed by atoms with Crippen LogP contribution in [0.25, 0.3) is 11.4 Å². The second kappa shape index (κ2) is 11.6. The van der Waals surface area contributed by atoms with Crippen LogP contribution in [0.15, 0.2) is 30.3 Å². The van der Waals surface area contributed by atoms with Gasteiger partial charge in [-0.3, -0.25) is 0 Å². The molecule has 2 aromatic rings. The first kappa shape index (κ1) is 25.9. The fraction of sp³-hybridized carbons (Fsp3) is 0.522. The zero-order chi connectivity index (χ0) is 24.7. The van der Waals surface area contributed by atoms with E-state index in [9.17, 15) is 13.2 Å². The lowest BCUT2D eigenvalue weighted by molar-refractivity contribution is 0.122. The van der Waals surface area contributed by atoms with Gasteiger partial charge in [0.25, 0.3) is 0 Å². The molecule has 2 N–H and O–H groups in total. The van der Waals surface area contributed by atoms with Crippen molar-refractivity contribution < 1.29 is 17.9 Å². The van der Waals surface area contributed by atoms with E-state index in [0.29, 0.717) is 55.9 Å². The Kier molecular flexibility index (Phi) is 8.81. The summed E-state index contributed by atoms with van der Waals surface area (Å²) >= 11 is 0. The number of anilines is 2. The number of aromatic nitrogens is 2. The van der Waals surface area contributed by atoms with Gasteiger partial charge in [-0.05, 0) is 52.2 Å². The number of rotatable bonds is 9. The average Bonchev–Trinajstić information content (AvgIpc) is 2.79. The van der Waals surface area contributed by atoms with Crippen LogP contribution in [0.1, 0.15) is 19.5 Å². The number of nitrogens with one attached hydrogen (secondary N) is 2. The molecule has 0 radical (unpaired) electrons. The Morgan fingerprint density at radius 2 is 1.82 bits per heavy atom. The molecule has 1 aliphatic heterocycles. The summed E-state index contributed by atoms with van der Waals surface area (Å²) in [5, 5.41) is 5.11. The Hall–Kier alpha value is -2.76. The molecular formula is C23H34N6O4S. The monoisotopic (exact) mass is 490 g/mol. The van der Waals surface area contributed by atoms with Crippen LogP contribution in [0.3, 0.4) is 0 Å². The first-order valence-electron chi connectivity index (χ1n) is 11.4. The summed E-state index contributed by atoms with van der Waals surface area (Å²) in [7, 11) is 0.563. The van der Waals surface area contributed by atoms with E-state index in [-0.39, 0.29) is 11.8 Å². The number of carbonyl (C=O) groups is 1. The van der Waals surface area contributed by atoms with Crippen molar-refractivity contribution >= 4 is 27.4 Å². The van der Waals surface area contributed by atoms with E-state index in [2.05, 4.69) is 20.5 Å². The number of morpholine rings is 1. The van der Waals surface area contributed by atoms with Crippen molar-refractivity contribution in [3.8, 4) is 11.4 Å². The van der Waals surface area contributed by atoms with Crippen LogP contribution in [-0.4, -0.2) is 88.1 Å². The third kappa shape index (κ3) is 7.37. The first-order chi connectivity index (χ1) is 16.1. The quantitative estimate of drug-likeness (QED) is 0.548. The number of nitrogens with zero attached hydrogens (tertiary/aromatic N) is 4. The highest BCUT2D eigenvalue weighted by molar-refractivity contribution is 7.91. The van der Waals surface area contributed by atoms with E-state index < -0.39 is 15.1 Å². The minimum Gasteiger partial charge on any atom is -0.378 e. The van der Waals surface area contributed by atoms with E-state index >= 15 is 0 Å². The van der Waals surface area contributed by atoms with Crippen molar-refractivity contribution in [1.82, 2.24) is 20.2 Å². The number of urea groups is 1. The van der Waals surface area contributed by atoms with Crippen molar-refractivity contribution in [2.75, 3.05) is 63.7 Å². The number of amides is 2. The number of ether oxygens (including phenoxy) is 1. The molecule has 186 valence electrons. The van der Waals surface area contributed by atoms with Crippen LogP contribution < -0.4 is 15.5 Å². The van der Waals surface area contributed by atoms with Crippen LogP contribution in [0.4, 0.5) is 16.3 Å². The Labute approximate surface area is 201 Å². The summed E-state index contributed by atoms with van der Waals surface area (Å²) in [6.07, 6.45) is 0. The summed E-state index contributed by atoms with van der Waals surface area (Å²) in [5.41, 5.74) is 1.83. The Morgan fingerprint density at radius 3 is 2.44 bits per heavy atom. The second-order valence-electron chi connectivity index (χ2n) is 8.76. The van der Waals surface area contributed by atoms with Crippen molar-refractivity contribution in [3.63, 3.8) is 0 Å². The summed E-state index contributed by atoms with van der Waals surface area (Å²) in [6, 6.07) is 8.65. The molecule has 0 unspecified atom stereocenters. The molecule has 0 atom stereocenters. The van der Waals surface area contributed by atoms with Crippen LogP contribution >= 0.6 is 0 Å². The fourth-order valence-electron chi connectivity index (χ4n) is 3.28. The lowest BCUT2D eigenvalue weighted by atomic mass is 10.2. The molecule has 2 amide bonds. The molecule has 1 fully saturated rings. The molecule has 1 saturated heterocycles. The molecule has 34 heavy (non-hydrogen) atoms. The topological polar surface area (TPSA) is 117 Å². The summed E-state index contributed by atoms with van der Waals surface area (Å²) in [5.74, 6) is 0.981. The van der Waals surface area contributed by atoms with Gasteiger partial charge in [0, 0.05) is 43.5 Å². The van der Waals surface area contributed by atoms with Crippen LogP contribution in [0.2, 0.25) is 0 Å². The average molecular weight is 491 g/mol. The van der Waals surface area contributed by atoms with E-state index in [1.165, 1.54) is 0 Å². The number of sulfone groups is 1. The first-order valence-corrected chi connectivity index (χ1v) is 13.1. The number of hydrogen-bond acceptors (Lipinski definition) is 8. The molecular weight excluding hydrogens is 456 g/mol. The molecule has 0 saturated carbocycles. The molecule has 11 heteroatoms. The molecule has 0 aliphatic carbocycles. The number of likely N-dealkylation sites (N-methyl/N-ethyl adjacent to an activating group) is 1. The summed E-state index contributed by atoms with van der Waals surface area (Å²) < 4.78 is 30.5. The fourth-order valence-corrected chi connectivity index (χ4v) is 4.18. The van der Waals surface area contributed by atoms with E-state index in [1.807, 2.05) is 31.1 Å². The molecule has 3 rings (SSSR count). The predicted octanol–water partition coefficient (Wildman–Crippen LogP) is 1.99. The Balaban J connectivity index is 1.81. The van der Waals surface area contributed by atoms with Gasteiger partial charge in [-0.1, -0.05) is 0 Å². The SMILES string of the molecule is CC(C)S(=O)(=O)Cc1cc(N2CCOCC2)nc(-c2ccc(NC(=O)NCCN(C)C)cc2)n1. The number of carbonyl (C=O) groups excluding carboxylic acids is 1. The number of benzene rings is 1. The zero-order valence-corrected chi connectivity index (χ0v) is 21.1. The van der Waals surface area contributed by atoms with Gasteiger partial charge in [0.2, 0.25) is 0 Å². The Bertz CT molecular complexity index is 1070. The van der Waals surface area contributed by atoms with Crippen molar-refractivity contribution in [2.45, 2.75) is 24.9 Å². The van der Waals surface area contributed by atoms with Crippen molar-refractivity contribution in [2.24, 2.45) is 0 Å². The molecule has 0 spiro atoms. The van der Waals surface area contributed by atoms with Gasteiger partial charge in [0.05, 0.1) is 29.9 Å². The van der Waals surface area contributed by atoms with Gasteiger partial charge in [-0.25, -0.2) is 23.2 Å². The highest BCUT2D eigenvalue weighted by Gasteiger charge is 2.21. The molecule has 1 aromatic heterocycles. The van der Waals surface area contributed by atoms with E-state index in [4.69, 9.17) is 9.72 Å². The largest absolute Gasteiger partial charge is 0.378 e. The normalized spacial score (nSPS) is 14.5. The molecule has 10 nitrogen and oxygen atoms in total. The molecule has 2 heterocycles. The van der Waals surface area contributed by atoms with Crippen molar-refractivity contribution in [1.29, 1.82) is 0 Å². The van der Waals surface area contributed by atoms with Gasteiger partial charge >= 0.3 is 6.03 Å². The Morgan fingerprint density at radius 1 is 1.15 bits per heavy atom. The zero-order valence-electron chi connectivity index (χ0n) is 20.2. The van der Waals surface area contributed by atoms with Gasteiger partial charge < -0.3 is 25.2 Å². The van der Waals surface area contributed by atoms with E-state index in [0.717, 1.165) is 12.1 Å². The standard InChI is InChI=1S/C23H34N6O4S/c1-17(2)34(31,32)16-20-15-21(29-11-13-33-14-12-29)27-22(25-20)18-5-7-19(8-6-18)26-23(30)24-9-10-28(3)4/h5-8,15,17H,9-14,16H2,1-4H3,(H2,24,26,30). The molecule has 1 aliphatic rings. The predicted molar refractivity (Wildman–Crippen MR) is 134 cm³/mol. The minimum absolute atomic E-state index is 0.149. The molecule has 1 aromatic carbocycles. The number of hydrogen-bond donors (Lipinski definition) is 2. The minimum atomic E-state index is -3.32. The van der Waals surface area contributed by atoms with Crippen LogP contribution in [0.5, 0.6) is 0 Å². The maximum absolute atomic E-state index is 12.6. The third-order valence-corrected chi connectivity index (χ3v) is 7.55. The van der Waals surface area contributed by atoms with Gasteiger partial charge in [-0.2, -0.15) is 0 Å². The summed E-state index contributed by atoms with van der Waals surface area (Å²) in [6.45, 7) is 7.17. The second-order valence-corrected chi connectivity index (χ2v) is 11.3. The van der Waals surface area contributed by atoms with Gasteiger partial charge in [0.15, 0.2) is 15.7 Å². The smallest absolute Gasteiger partial charge is 0.319 e. The van der Waals surface area contributed by atoms with Crippen molar-refractivity contribution in [3.05, 3.63) is 36.0 Å². The highest BCUT2D eigenvalue weighted by atomic mass is 32.2. The van der Waals surface area contributed by atoms with Gasteiger partial charge in [0.1, 0.15) is 5.82 Å². The van der Waals surface area contributed by atoms with Gasteiger partial charge in [-0.15, -0.1) is 0 Å². The highest BCUT2D eigenvalue weighted by Crippen LogP contribution is 2.24. The molecule has 0 bridgehead atoms. The maximum Gasteiger partial charge on any atom is 0.319 e. The lowest BCUT2D eigenvalue weighted by Gasteiger charge is -2.28.